The summed E-state index contributed by atoms with van der Waals surface area (Å²) in [6.45, 7) is 0. The summed E-state index contributed by atoms with van der Waals surface area (Å²) in [5, 5.41) is 0. The summed E-state index contributed by atoms with van der Waals surface area (Å²) >= 11 is 5.16. The number of para-hydroxylation sites is 1. The molecule has 0 saturated carbocycles. The molecule has 0 fully saturated rings. The van der Waals surface area contributed by atoms with Crippen LogP contribution in [0, 0.1) is 5.82 Å². The Balaban J connectivity index is 2.75. The van der Waals surface area contributed by atoms with Crippen LogP contribution >= 0.6 is 11.6 Å². The largest absolute Gasteiger partial charge is 0.423 e. The average molecular weight is 189 g/mol. The van der Waals surface area contributed by atoms with Crippen LogP contribution < -0.4 is 4.74 Å². The van der Waals surface area contributed by atoms with Crippen LogP contribution in [0.4, 0.5) is 4.39 Å². The Bertz CT molecular complexity index is 288. The highest BCUT2D eigenvalue weighted by Crippen LogP contribution is 2.15. The third kappa shape index (κ3) is 2.20. The zero-order valence-corrected chi connectivity index (χ0v) is 6.84. The number of halogens is 2. The number of rotatable bonds is 2. The van der Waals surface area contributed by atoms with Gasteiger partial charge in [0.15, 0.2) is 11.6 Å². The number of hydrogen-bond acceptors (Lipinski definition) is 2. The lowest BCUT2D eigenvalue weighted by Crippen LogP contribution is -2.09. The maximum Gasteiger partial charge on any atom is 0.326 e. The van der Waals surface area contributed by atoms with Gasteiger partial charge in [0, 0.05) is 0 Å². The Morgan fingerprint density at radius 2 is 2.17 bits per heavy atom. The van der Waals surface area contributed by atoms with Crippen molar-refractivity contribution in [3.8, 4) is 5.75 Å². The van der Waals surface area contributed by atoms with E-state index in [0.717, 1.165) is 0 Å². The molecule has 0 saturated heterocycles. The summed E-state index contributed by atoms with van der Waals surface area (Å²) < 4.78 is 17.3. The number of alkyl halides is 1. The van der Waals surface area contributed by atoms with E-state index in [1.54, 1.807) is 6.07 Å². The topological polar surface area (TPSA) is 26.3 Å². The third-order valence-corrected chi connectivity index (χ3v) is 1.39. The molecule has 12 heavy (non-hydrogen) atoms. The van der Waals surface area contributed by atoms with Crippen molar-refractivity contribution in [3.05, 3.63) is 30.1 Å². The van der Waals surface area contributed by atoms with Crippen molar-refractivity contribution in [1.82, 2.24) is 0 Å². The predicted molar refractivity (Wildman–Crippen MR) is 42.8 cm³/mol. The van der Waals surface area contributed by atoms with Crippen LogP contribution in [0.25, 0.3) is 0 Å². The number of benzene rings is 1. The number of esters is 1. The van der Waals surface area contributed by atoms with E-state index in [-0.39, 0.29) is 11.6 Å². The Morgan fingerprint density at radius 3 is 2.75 bits per heavy atom. The van der Waals surface area contributed by atoms with Gasteiger partial charge in [0.1, 0.15) is 5.88 Å². The number of carbonyl (C=O) groups excluding carboxylic acids is 1. The predicted octanol–water partition coefficient (Wildman–Crippen LogP) is 1.97. The van der Waals surface area contributed by atoms with Gasteiger partial charge in [-0.1, -0.05) is 12.1 Å². The number of hydrogen-bond donors (Lipinski definition) is 0. The van der Waals surface area contributed by atoms with Crippen molar-refractivity contribution >= 4 is 17.6 Å². The average Bonchev–Trinajstić information content (AvgIpc) is 2.09. The van der Waals surface area contributed by atoms with Gasteiger partial charge in [-0.25, -0.2) is 4.39 Å². The van der Waals surface area contributed by atoms with E-state index in [1.165, 1.54) is 18.2 Å². The summed E-state index contributed by atoms with van der Waals surface area (Å²) in [5.41, 5.74) is 0. The lowest BCUT2D eigenvalue weighted by atomic mass is 10.3. The standard InChI is InChI=1S/C8H6ClFO2/c9-5-8(11)12-7-4-2-1-3-6(7)10/h1-4H,5H2. The Kier molecular flexibility index (Phi) is 3.05. The second kappa shape index (κ2) is 4.07. The molecule has 0 N–H and O–H groups in total. The van der Waals surface area contributed by atoms with Crippen LogP contribution in [0.1, 0.15) is 0 Å². The maximum absolute atomic E-state index is 12.8. The van der Waals surface area contributed by atoms with Crippen molar-refractivity contribution in [2.24, 2.45) is 0 Å². The molecule has 1 aromatic rings. The highest BCUT2D eigenvalue weighted by molar-refractivity contribution is 6.26. The molecule has 0 aliphatic heterocycles. The van der Waals surface area contributed by atoms with Crippen molar-refractivity contribution in [2.75, 3.05) is 5.88 Å². The van der Waals surface area contributed by atoms with Crippen LogP contribution in [-0.4, -0.2) is 11.8 Å². The Hall–Kier alpha value is -1.09. The first-order valence-corrected chi connectivity index (χ1v) is 3.78. The smallest absolute Gasteiger partial charge is 0.326 e. The Labute approximate surface area is 73.9 Å². The molecule has 4 heteroatoms. The summed E-state index contributed by atoms with van der Waals surface area (Å²) in [4.78, 5) is 10.6. The molecule has 0 heterocycles. The van der Waals surface area contributed by atoms with Crippen LogP contribution in [0.15, 0.2) is 24.3 Å². The van der Waals surface area contributed by atoms with E-state index in [1.807, 2.05) is 0 Å². The molecule has 0 atom stereocenters. The van der Waals surface area contributed by atoms with Gasteiger partial charge in [0.05, 0.1) is 0 Å². The lowest BCUT2D eigenvalue weighted by molar-refractivity contribution is -0.131. The fourth-order valence-electron chi connectivity index (χ4n) is 0.677. The fraction of sp³-hybridized carbons (Fsp3) is 0.125. The van der Waals surface area contributed by atoms with Crippen LogP contribution in [0.3, 0.4) is 0 Å². The summed E-state index contributed by atoms with van der Waals surface area (Å²) in [7, 11) is 0. The SMILES string of the molecule is O=C(CCl)Oc1ccccc1F. The molecule has 0 aliphatic carbocycles. The molecular formula is C8H6ClFO2. The monoisotopic (exact) mass is 188 g/mol. The molecule has 0 bridgehead atoms. The molecular weight excluding hydrogens is 183 g/mol. The quantitative estimate of drug-likeness (QED) is 0.403. The van der Waals surface area contributed by atoms with Gasteiger partial charge in [0.2, 0.25) is 0 Å². The minimum atomic E-state index is -0.665. The molecule has 64 valence electrons. The second-order valence-electron chi connectivity index (χ2n) is 2.04. The summed E-state index contributed by atoms with van der Waals surface area (Å²) in [5.74, 6) is -1.62. The van der Waals surface area contributed by atoms with Crippen LogP contribution in [0.2, 0.25) is 0 Å². The summed E-state index contributed by atoms with van der Waals surface area (Å²) in [6.07, 6.45) is 0. The molecule has 1 rings (SSSR count). The molecule has 0 unspecified atom stereocenters. The molecule has 0 amide bonds. The van der Waals surface area contributed by atoms with Gasteiger partial charge in [-0.2, -0.15) is 0 Å². The van der Waals surface area contributed by atoms with Gasteiger partial charge in [-0.3, -0.25) is 4.79 Å². The normalized spacial score (nSPS) is 9.50. The first-order chi connectivity index (χ1) is 5.74. The second-order valence-corrected chi connectivity index (χ2v) is 2.31. The van der Waals surface area contributed by atoms with Gasteiger partial charge in [-0.15, -0.1) is 11.6 Å². The van der Waals surface area contributed by atoms with E-state index in [4.69, 9.17) is 11.6 Å². The zero-order chi connectivity index (χ0) is 8.97. The van der Waals surface area contributed by atoms with Crippen molar-refractivity contribution in [2.45, 2.75) is 0 Å². The lowest BCUT2D eigenvalue weighted by Gasteiger charge is -2.01. The number of carbonyl (C=O) groups is 1. The maximum atomic E-state index is 12.8. The van der Waals surface area contributed by atoms with Gasteiger partial charge >= 0.3 is 5.97 Å². The molecule has 0 spiro atoms. The van der Waals surface area contributed by atoms with Crippen LogP contribution in [-0.2, 0) is 4.79 Å². The molecule has 1 aromatic carbocycles. The Morgan fingerprint density at radius 1 is 1.50 bits per heavy atom. The van der Waals surface area contributed by atoms with Crippen molar-refractivity contribution in [3.63, 3.8) is 0 Å². The van der Waals surface area contributed by atoms with E-state index < -0.39 is 11.8 Å². The first kappa shape index (κ1) is 9.00. The molecule has 2 nitrogen and oxygen atoms in total. The van der Waals surface area contributed by atoms with Gasteiger partial charge in [0.25, 0.3) is 0 Å². The third-order valence-electron chi connectivity index (χ3n) is 1.17. The minimum Gasteiger partial charge on any atom is -0.423 e. The molecule has 0 aromatic heterocycles. The van der Waals surface area contributed by atoms with Crippen molar-refractivity contribution in [1.29, 1.82) is 0 Å². The fourth-order valence-corrected chi connectivity index (χ4v) is 0.732. The van der Waals surface area contributed by atoms with Crippen LogP contribution in [0.5, 0.6) is 5.75 Å². The highest BCUT2D eigenvalue weighted by atomic mass is 35.5. The zero-order valence-electron chi connectivity index (χ0n) is 6.09. The molecule has 0 aliphatic rings. The highest BCUT2D eigenvalue weighted by Gasteiger charge is 2.06. The minimum absolute atomic E-state index is 0.0943. The van der Waals surface area contributed by atoms with Crippen molar-refractivity contribution < 1.29 is 13.9 Å². The van der Waals surface area contributed by atoms with E-state index in [9.17, 15) is 9.18 Å². The van der Waals surface area contributed by atoms with E-state index in [2.05, 4.69) is 4.74 Å². The molecule has 0 radical (unpaired) electrons. The van der Waals surface area contributed by atoms with Gasteiger partial charge in [-0.05, 0) is 12.1 Å². The van der Waals surface area contributed by atoms with E-state index in [0.29, 0.717) is 0 Å². The first-order valence-electron chi connectivity index (χ1n) is 3.25. The van der Waals surface area contributed by atoms with E-state index >= 15 is 0 Å². The summed E-state index contributed by atoms with van der Waals surface area (Å²) in [6, 6.07) is 5.64. The number of ether oxygens (including phenoxy) is 1. The van der Waals surface area contributed by atoms with Gasteiger partial charge < -0.3 is 4.74 Å².